The van der Waals surface area contributed by atoms with Gasteiger partial charge in [-0.15, -0.1) is 0 Å². The van der Waals surface area contributed by atoms with Gasteiger partial charge in [0.05, 0.1) is 18.3 Å². The number of aliphatic hydroxyl groups excluding tert-OH is 3. The van der Waals surface area contributed by atoms with Crippen LogP contribution in [0.3, 0.4) is 0 Å². The summed E-state index contributed by atoms with van der Waals surface area (Å²) in [7, 11) is 0. The van der Waals surface area contributed by atoms with Crippen LogP contribution in [0.1, 0.15) is 107 Å². The molecule has 0 amide bonds. The van der Waals surface area contributed by atoms with Gasteiger partial charge in [-0.05, 0) is 83.1 Å². The Hall–Kier alpha value is -1.76. The summed E-state index contributed by atoms with van der Waals surface area (Å²) in [4.78, 5) is 24.2. The van der Waals surface area contributed by atoms with Crippen LogP contribution in [-0.4, -0.2) is 51.0 Å². The van der Waals surface area contributed by atoms with Gasteiger partial charge in [0.2, 0.25) is 0 Å². The summed E-state index contributed by atoms with van der Waals surface area (Å²) in [6.45, 7) is 17.3. The highest BCUT2D eigenvalue weighted by molar-refractivity contribution is 5.87. The lowest BCUT2D eigenvalue weighted by Gasteiger charge is -2.52. The number of ether oxygens (including phenoxy) is 1. The van der Waals surface area contributed by atoms with Gasteiger partial charge in [-0.2, -0.15) is 0 Å². The van der Waals surface area contributed by atoms with Crippen molar-refractivity contribution < 1.29 is 29.6 Å². The first-order chi connectivity index (χ1) is 17.4. The predicted molar refractivity (Wildman–Crippen MR) is 151 cm³/mol. The third-order valence-electron chi connectivity index (χ3n) is 9.51. The molecule has 0 radical (unpaired) electrons. The molecule has 0 heterocycles. The Balaban J connectivity index is 2.00. The summed E-state index contributed by atoms with van der Waals surface area (Å²) in [5.41, 5.74) is 1.46. The average Bonchev–Trinajstić information content (AvgIpc) is 2.80. The Morgan fingerprint density at radius 1 is 1.16 bits per heavy atom. The number of allylic oxidation sites excluding steroid dienone is 3. The highest BCUT2D eigenvalue weighted by Gasteiger charge is 2.52. The Morgan fingerprint density at radius 3 is 2.39 bits per heavy atom. The molecule has 0 aromatic carbocycles. The quantitative estimate of drug-likeness (QED) is 0.241. The van der Waals surface area contributed by atoms with Crippen LogP contribution in [0.5, 0.6) is 0 Å². The van der Waals surface area contributed by atoms with Crippen LogP contribution in [-0.2, 0) is 14.3 Å². The number of esters is 1. The van der Waals surface area contributed by atoms with Gasteiger partial charge >= 0.3 is 5.97 Å². The first-order valence-corrected chi connectivity index (χ1v) is 14.2. The van der Waals surface area contributed by atoms with Crippen molar-refractivity contribution in [2.45, 2.75) is 131 Å². The molecule has 2 aliphatic rings. The first-order valence-electron chi connectivity index (χ1n) is 14.2. The van der Waals surface area contributed by atoms with E-state index in [2.05, 4.69) is 0 Å². The van der Waals surface area contributed by atoms with Crippen molar-refractivity contribution in [2.75, 3.05) is 0 Å². The van der Waals surface area contributed by atoms with Crippen molar-refractivity contribution in [3.8, 4) is 0 Å². The molecule has 0 aliphatic heterocycles. The maximum absolute atomic E-state index is 12.4. The molecule has 2 rings (SSSR count). The molecule has 6 unspecified atom stereocenters. The average molecular weight is 533 g/mol. The zero-order valence-corrected chi connectivity index (χ0v) is 25.1. The predicted octanol–water partition coefficient (Wildman–Crippen LogP) is 5.84. The number of rotatable bonds is 10. The van der Waals surface area contributed by atoms with E-state index in [1.807, 2.05) is 67.5 Å². The standard InChI is InChI=1S/C32H52O6/c1-20(11-14-27-31(7,8)29(37)16-17-32(27,9)38-23(4)33)10-13-24(34)18-22(3)26(35)19-25-21(2)12-15-28(36)30(25,5)6/h10,12,18,24-27,29,34-35,37H,11,13-17,19H2,1-9H3. The minimum atomic E-state index is -0.729. The molecule has 2 aliphatic carbocycles. The summed E-state index contributed by atoms with van der Waals surface area (Å²) in [6, 6.07) is 0. The van der Waals surface area contributed by atoms with Crippen molar-refractivity contribution in [1.29, 1.82) is 0 Å². The van der Waals surface area contributed by atoms with E-state index in [0.717, 1.165) is 24.0 Å². The molecular formula is C32H52O6. The summed E-state index contributed by atoms with van der Waals surface area (Å²) in [5.74, 6) is -0.126. The molecule has 1 fully saturated rings. The smallest absolute Gasteiger partial charge is 0.303 e. The van der Waals surface area contributed by atoms with Crippen LogP contribution in [0.4, 0.5) is 0 Å². The molecule has 6 heteroatoms. The SMILES string of the molecule is CC(=O)OC1(C)CCC(O)C(C)(C)C1CCC(C)=CCC(O)C=C(C)C(O)CC1C(C)=CCC(=O)C1(C)C. The first kappa shape index (κ1) is 32.5. The van der Waals surface area contributed by atoms with Crippen molar-refractivity contribution in [3.63, 3.8) is 0 Å². The third kappa shape index (κ3) is 7.67. The number of Topliss-reactive ketones (excluding diaryl/α,β-unsaturated/α-hetero) is 1. The summed E-state index contributed by atoms with van der Waals surface area (Å²) < 4.78 is 5.79. The van der Waals surface area contributed by atoms with Gasteiger partial charge in [-0.25, -0.2) is 0 Å². The lowest BCUT2D eigenvalue weighted by molar-refractivity contribution is -0.188. The van der Waals surface area contributed by atoms with Gasteiger partial charge < -0.3 is 20.1 Å². The monoisotopic (exact) mass is 532 g/mol. The number of carbonyl (C=O) groups is 2. The van der Waals surface area contributed by atoms with Crippen molar-refractivity contribution >= 4 is 11.8 Å². The second kappa shape index (κ2) is 12.6. The van der Waals surface area contributed by atoms with Gasteiger partial charge in [0.15, 0.2) is 0 Å². The molecule has 6 nitrogen and oxygen atoms in total. The summed E-state index contributed by atoms with van der Waals surface area (Å²) in [6.07, 6.45) is 7.91. The molecule has 6 atom stereocenters. The van der Waals surface area contributed by atoms with E-state index in [0.29, 0.717) is 37.7 Å². The lowest BCUT2D eigenvalue weighted by atomic mass is 9.58. The van der Waals surface area contributed by atoms with Crippen LogP contribution in [0.2, 0.25) is 0 Å². The molecule has 1 saturated carbocycles. The number of ketones is 1. The fourth-order valence-electron chi connectivity index (χ4n) is 6.71. The maximum Gasteiger partial charge on any atom is 0.303 e. The molecule has 0 aromatic rings. The summed E-state index contributed by atoms with van der Waals surface area (Å²) in [5, 5.41) is 32.2. The molecule has 38 heavy (non-hydrogen) atoms. The Labute approximate surface area is 230 Å². The van der Waals surface area contributed by atoms with Crippen molar-refractivity contribution in [3.05, 3.63) is 34.9 Å². The fraction of sp³-hybridized carbons (Fsp3) is 0.750. The largest absolute Gasteiger partial charge is 0.459 e. The molecule has 0 bridgehead atoms. The van der Waals surface area contributed by atoms with Gasteiger partial charge in [0, 0.05) is 24.7 Å². The summed E-state index contributed by atoms with van der Waals surface area (Å²) >= 11 is 0. The Morgan fingerprint density at radius 2 is 1.79 bits per heavy atom. The normalized spacial score (nSPS) is 31.4. The van der Waals surface area contributed by atoms with Crippen LogP contribution in [0.15, 0.2) is 34.9 Å². The fourth-order valence-corrected chi connectivity index (χ4v) is 6.71. The topological polar surface area (TPSA) is 104 Å². The minimum absolute atomic E-state index is 0.00152. The number of carbonyl (C=O) groups excluding carboxylic acids is 2. The minimum Gasteiger partial charge on any atom is -0.459 e. The Bertz CT molecular complexity index is 955. The van der Waals surface area contributed by atoms with E-state index in [9.17, 15) is 24.9 Å². The molecule has 0 saturated heterocycles. The van der Waals surface area contributed by atoms with E-state index >= 15 is 0 Å². The second-order valence-electron chi connectivity index (χ2n) is 13.2. The van der Waals surface area contributed by atoms with Crippen molar-refractivity contribution in [2.24, 2.45) is 22.7 Å². The van der Waals surface area contributed by atoms with E-state index < -0.39 is 29.3 Å². The van der Waals surface area contributed by atoms with Gasteiger partial charge in [-0.1, -0.05) is 57.1 Å². The van der Waals surface area contributed by atoms with E-state index in [-0.39, 0.29) is 29.0 Å². The van der Waals surface area contributed by atoms with Gasteiger partial charge in [0.1, 0.15) is 11.4 Å². The lowest BCUT2D eigenvalue weighted by Crippen LogP contribution is -2.55. The van der Waals surface area contributed by atoms with E-state index in [1.54, 1.807) is 6.08 Å². The van der Waals surface area contributed by atoms with Crippen LogP contribution in [0, 0.1) is 22.7 Å². The van der Waals surface area contributed by atoms with Gasteiger partial charge in [0.25, 0.3) is 0 Å². The zero-order valence-electron chi connectivity index (χ0n) is 25.1. The van der Waals surface area contributed by atoms with Crippen LogP contribution >= 0.6 is 0 Å². The van der Waals surface area contributed by atoms with Crippen molar-refractivity contribution in [1.82, 2.24) is 0 Å². The highest BCUT2D eigenvalue weighted by atomic mass is 16.6. The van der Waals surface area contributed by atoms with Crippen LogP contribution in [0.25, 0.3) is 0 Å². The zero-order chi connectivity index (χ0) is 29.1. The Kier molecular flexibility index (Phi) is 10.8. The number of hydrogen-bond acceptors (Lipinski definition) is 6. The number of aliphatic hydroxyl groups is 3. The molecule has 216 valence electrons. The highest BCUT2D eigenvalue weighted by Crippen LogP contribution is 2.50. The van der Waals surface area contributed by atoms with Gasteiger partial charge in [-0.3, -0.25) is 9.59 Å². The second-order valence-corrected chi connectivity index (χ2v) is 13.2. The molecule has 0 spiro atoms. The molecular weight excluding hydrogens is 480 g/mol. The molecule has 3 N–H and O–H groups in total. The van der Waals surface area contributed by atoms with E-state index in [4.69, 9.17) is 4.74 Å². The third-order valence-corrected chi connectivity index (χ3v) is 9.51. The van der Waals surface area contributed by atoms with E-state index in [1.165, 1.54) is 6.92 Å². The number of hydrogen-bond donors (Lipinski definition) is 3. The maximum atomic E-state index is 12.4. The van der Waals surface area contributed by atoms with Crippen LogP contribution < -0.4 is 0 Å². The molecule has 0 aromatic heterocycles.